The van der Waals surface area contributed by atoms with Crippen molar-refractivity contribution in [2.45, 2.75) is 64.1 Å². The fourth-order valence-corrected chi connectivity index (χ4v) is 8.63. The maximum atomic E-state index is 6.44. The van der Waals surface area contributed by atoms with E-state index in [0.29, 0.717) is 17.6 Å². The molecule has 0 amide bonds. The molecule has 1 aromatic heterocycles. The van der Waals surface area contributed by atoms with Crippen LogP contribution in [0, 0.1) is 5.92 Å². The van der Waals surface area contributed by atoms with Crippen molar-refractivity contribution >= 4 is 29.4 Å². The molecule has 1 aliphatic heterocycles. The van der Waals surface area contributed by atoms with Crippen molar-refractivity contribution in [2.24, 2.45) is 5.92 Å². The van der Waals surface area contributed by atoms with Crippen molar-refractivity contribution in [2.75, 3.05) is 6.61 Å². The highest BCUT2D eigenvalue weighted by Crippen LogP contribution is 2.46. The SMILES string of the molecule is CCCCOc1ccc2cccnc2c1CC(CCC1CC=CNC1C)P(c1ccccc1)c1ccccc1. The zero-order valence-corrected chi connectivity index (χ0v) is 24.2. The molecule has 5 rings (SSSR count). The molecule has 0 spiro atoms. The average Bonchev–Trinajstić information content (AvgIpc) is 2.99. The van der Waals surface area contributed by atoms with Crippen molar-refractivity contribution in [3.05, 3.63) is 109 Å². The van der Waals surface area contributed by atoms with Crippen LogP contribution in [0.1, 0.15) is 51.5 Å². The summed E-state index contributed by atoms with van der Waals surface area (Å²) in [5, 5.41) is 7.63. The number of hydrogen-bond acceptors (Lipinski definition) is 3. The van der Waals surface area contributed by atoms with E-state index in [9.17, 15) is 0 Å². The third kappa shape index (κ3) is 6.89. The number of benzene rings is 3. The molecule has 0 saturated heterocycles. The van der Waals surface area contributed by atoms with E-state index in [2.05, 4.69) is 110 Å². The van der Waals surface area contributed by atoms with E-state index < -0.39 is 7.92 Å². The molecule has 1 aliphatic rings. The predicted octanol–water partition coefficient (Wildman–Crippen LogP) is 7.75. The van der Waals surface area contributed by atoms with Gasteiger partial charge >= 0.3 is 0 Å². The summed E-state index contributed by atoms with van der Waals surface area (Å²) in [7, 11) is -0.585. The molecule has 202 valence electrons. The first-order valence-corrected chi connectivity index (χ1v) is 16.0. The highest BCUT2D eigenvalue weighted by molar-refractivity contribution is 7.73. The van der Waals surface area contributed by atoms with Crippen molar-refractivity contribution in [3.8, 4) is 5.75 Å². The third-order valence-electron chi connectivity index (χ3n) is 7.96. The molecule has 2 heterocycles. The topological polar surface area (TPSA) is 34.1 Å². The normalized spacial score (nSPS) is 17.7. The van der Waals surface area contributed by atoms with Gasteiger partial charge in [-0.05, 0) is 93.5 Å². The van der Waals surface area contributed by atoms with E-state index in [4.69, 9.17) is 9.72 Å². The van der Waals surface area contributed by atoms with E-state index in [1.807, 2.05) is 12.3 Å². The quantitative estimate of drug-likeness (QED) is 0.148. The van der Waals surface area contributed by atoms with Crippen molar-refractivity contribution in [1.29, 1.82) is 0 Å². The third-order valence-corrected chi connectivity index (χ3v) is 10.8. The molecular weight excluding hydrogens is 495 g/mol. The zero-order valence-electron chi connectivity index (χ0n) is 23.3. The maximum absolute atomic E-state index is 6.44. The Balaban J connectivity index is 1.57. The van der Waals surface area contributed by atoms with E-state index >= 15 is 0 Å². The number of nitrogens with one attached hydrogen (secondary N) is 1. The molecule has 1 N–H and O–H groups in total. The van der Waals surface area contributed by atoms with Crippen LogP contribution in [0.3, 0.4) is 0 Å². The standard InChI is InChI=1S/C35H41N2OP/c1-3-4-25-38-34-22-20-29-14-12-24-37-35(29)33(34)26-32(21-19-28-13-11-23-36-27(28)2)39(30-15-7-5-8-16-30)31-17-9-6-10-18-31/h5-12,14-18,20,22-24,27-28,32,36H,3-4,13,19,21,25-26H2,1-2H3. The van der Waals surface area contributed by atoms with Crippen LogP contribution in [0.15, 0.2) is 103 Å². The van der Waals surface area contributed by atoms with Crippen LogP contribution in [0.25, 0.3) is 10.9 Å². The molecule has 3 atom stereocenters. The Morgan fingerprint density at radius 2 is 1.69 bits per heavy atom. The Bertz CT molecular complexity index is 1300. The minimum Gasteiger partial charge on any atom is -0.493 e. The number of aromatic nitrogens is 1. The van der Waals surface area contributed by atoms with E-state index in [0.717, 1.165) is 50.0 Å². The van der Waals surface area contributed by atoms with Gasteiger partial charge < -0.3 is 10.1 Å². The number of fused-ring (bicyclic) bond motifs is 1. The number of unbranched alkanes of at least 4 members (excludes halogenated alkanes) is 1. The summed E-state index contributed by atoms with van der Waals surface area (Å²) < 4.78 is 6.44. The van der Waals surface area contributed by atoms with Crippen LogP contribution in [-0.4, -0.2) is 23.3 Å². The lowest BCUT2D eigenvalue weighted by Crippen LogP contribution is -2.33. The highest BCUT2D eigenvalue weighted by atomic mass is 31.1. The molecule has 0 fully saturated rings. The van der Waals surface area contributed by atoms with Gasteiger partial charge in [0.15, 0.2) is 0 Å². The van der Waals surface area contributed by atoms with Crippen LogP contribution in [0.4, 0.5) is 0 Å². The second-order valence-electron chi connectivity index (χ2n) is 10.6. The molecule has 4 heteroatoms. The molecule has 39 heavy (non-hydrogen) atoms. The fraction of sp³-hybridized carbons (Fsp3) is 0.343. The Morgan fingerprint density at radius 3 is 2.38 bits per heavy atom. The smallest absolute Gasteiger partial charge is 0.124 e. The van der Waals surface area contributed by atoms with Crippen LogP contribution in [0.5, 0.6) is 5.75 Å². The second kappa shape index (κ2) is 13.8. The number of hydrogen-bond donors (Lipinski definition) is 1. The number of nitrogens with zero attached hydrogens (tertiary/aromatic N) is 1. The number of ether oxygens (including phenoxy) is 1. The number of allylic oxidation sites excluding steroid dienone is 1. The summed E-state index contributed by atoms with van der Waals surface area (Å²) in [5.74, 6) is 1.65. The zero-order chi connectivity index (χ0) is 26.9. The lowest BCUT2D eigenvalue weighted by molar-refractivity contribution is 0.306. The molecule has 4 aromatic rings. The first-order valence-electron chi connectivity index (χ1n) is 14.5. The summed E-state index contributed by atoms with van der Waals surface area (Å²) in [4.78, 5) is 4.90. The van der Waals surface area contributed by atoms with E-state index in [1.165, 1.54) is 28.0 Å². The van der Waals surface area contributed by atoms with Gasteiger partial charge in [0.25, 0.3) is 0 Å². The average molecular weight is 537 g/mol. The minimum atomic E-state index is -0.585. The Kier molecular flexibility index (Phi) is 9.67. The number of pyridine rings is 1. The van der Waals surface area contributed by atoms with Crippen molar-refractivity contribution in [1.82, 2.24) is 10.3 Å². The molecule has 3 aromatic carbocycles. The van der Waals surface area contributed by atoms with Gasteiger partial charge in [-0.2, -0.15) is 0 Å². The summed E-state index contributed by atoms with van der Waals surface area (Å²) in [6.07, 6.45) is 13.0. The van der Waals surface area contributed by atoms with Gasteiger partial charge in [-0.15, -0.1) is 0 Å². The first-order chi connectivity index (χ1) is 19.2. The van der Waals surface area contributed by atoms with Gasteiger partial charge in [0.2, 0.25) is 0 Å². The lowest BCUT2D eigenvalue weighted by Gasteiger charge is -2.33. The predicted molar refractivity (Wildman–Crippen MR) is 168 cm³/mol. The van der Waals surface area contributed by atoms with Crippen molar-refractivity contribution < 1.29 is 4.74 Å². The van der Waals surface area contributed by atoms with Crippen molar-refractivity contribution in [3.63, 3.8) is 0 Å². The maximum Gasteiger partial charge on any atom is 0.124 e. The summed E-state index contributed by atoms with van der Waals surface area (Å²) in [6.45, 7) is 5.29. The molecule has 3 nitrogen and oxygen atoms in total. The monoisotopic (exact) mass is 536 g/mol. The number of rotatable bonds is 12. The molecule has 3 unspecified atom stereocenters. The first kappa shape index (κ1) is 27.4. The minimum absolute atomic E-state index is 0.462. The fourth-order valence-electron chi connectivity index (χ4n) is 5.73. The Hall–Kier alpha value is -3.16. The molecule has 0 radical (unpaired) electrons. The highest BCUT2D eigenvalue weighted by Gasteiger charge is 2.29. The molecular formula is C35H41N2OP. The summed E-state index contributed by atoms with van der Waals surface area (Å²) in [5.41, 5.74) is 2.82. The van der Waals surface area contributed by atoms with Crippen LogP contribution in [-0.2, 0) is 6.42 Å². The van der Waals surface area contributed by atoms with Gasteiger partial charge in [0.1, 0.15) is 5.75 Å². The van der Waals surface area contributed by atoms with Gasteiger partial charge in [0, 0.05) is 23.2 Å². The Labute approximate surface area is 235 Å². The van der Waals surface area contributed by atoms with Crippen LogP contribution < -0.4 is 20.7 Å². The van der Waals surface area contributed by atoms with Gasteiger partial charge in [-0.1, -0.05) is 86.2 Å². The van der Waals surface area contributed by atoms with Gasteiger partial charge in [0.05, 0.1) is 12.1 Å². The largest absolute Gasteiger partial charge is 0.493 e. The molecule has 0 bridgehead atoms. The molecule has 0 saturated carbocycles. The van der Waals surface area contributed by atoms with Crippen LogP contribution >= 0.6 is 7.92 Å². The van der Waals surface area contributed by atoms with Crippen LogP contribution in [0.2, 0.25) is 0 Å². The Morgan fingerprint density at radius 1 is 0.949 bits per heavy atom. The van der Waals surface area contributed by atoms with Gasteiger partial charge in [-0.3, -0.25) is 4.98 Å². The summed E-state index contributed by atoms with van der Waals surface area (Å²) >= 11 is 0. The van der Waals surface area contributed by atoms with E-state index in [-0.39, 0.29) is 0 Å². The van der Waals surface area contributed by atoms with Gasteiger partial charge in [-0.25, -0.2) is 0 Å². The lowest BCUT2D eigenvalue weighted by atomic mass is 9.89. The van der Waals surface area contributed by atoms with E-state index in [1.54, 1.807) is 0 Å². The summed E-state index contributed by atoms with van der Waals surface area (Å²) in [6, 6.07) is 31.4. The second-order valence-corrected chi connectivity index (χ2v) is 13.2. The molecule has 0 aliphatic carbocycles.